The van der Waals surface area contributed by atoms with Crippen molar-refractivity contribution in [1.29, 1.82) is 0 Å². The maximum Gasteiger partial charge on any atom is 0.130 e. The smallest absolute Gasteiger partial charge is 0.130 e. The van der Waals surface area contributed by atoms with Gasteiger partial charge in [-0.3, -0.25) is 0 Å². The number of hydrogen-bond donors (Lipinski definition) is 1. The number of imidazole rings is 1. The standard InChI is InChI=1S/C16H24N4/c1-5-9-17-15(16-18-10-11-20(16)4)13-7-6-8-14(12-13)19(2)3/h6-8,10-12,15,17H,5,9H2,1-4H3. The zero-order valence-electron chi connectivity index (χ0n) is 12.8. The van der Waals surface area contributed by atoms with Gasteiger partial charge in [-0.2, -0.15) is 0 Å². The maximum absolute atomic E-state index is 4.51. The van der Waals surface area contributed by atoms with E-state index in [1.54, 1.807) is 0 Å². The second-order valence-corrected chi connectivity index (χ2v) is 5.27. The average molecular weight is 272 g/mol. The molecule has 1 aromatic heterocycles. The summed E-state index contributed by atoms with van der Waals surface area (Å²) in [4.78, 5) is 6.63. The van der Waals surface area contributed by atoms with Crippen LogP contribution in [-0.2, 0) is 7.05 Å². The van der Waals surface area contributed by atoms with Crippen LogP contribution < -0.4 is 10.2 Å². The predicted molar refractivity (Wildman–Crippen MR) is 84.1 cm³/mol. The van der Waals surface area contributed by atoms with Crippen molar-refractivity contribution in [2.45, 2.75) is 19.4 Å². The van der Waals surface area contributed by atoms with Gasteiger partial charge in [-0.05, 0) is 30.7 Å². The highest BCUT2D eigenvalue weighted by atomic mass is 15.1. The van der Waals surface area contributed by atoms with Crippen LogP contribution in [0.4, 0.5) is 5.69 Å². The summed E-state index contributed by atoms with van der Waals surface area (Å²) < 4.78 is 2.08. The van der Waals surface area contributed by atoms with Gasteiger partial charge in [0.2, 0.25) is 0 Å². The fraction of sp³-hybridized carbons (Fsp3) is 0.438. The monoisotopic (exact) mass is 272 g/mol. The zero-order chi connectivity index (χ0) is 14.5. The van der Waals surface area contributed by atoms with Crippen molar-refractivity contribution in [2.75, 3.05) is 25.5 Å². The largest absolute Gasteiger partial charge is 0.378 e. The Morgan fingerprint density at radius 2 is 2.15 bits per heavy atom. The van der Waals surface area contributed by atoms with E-state index in [1.807, 2.05) is 19.4 Å². The highest BCUT2D eigenvalue weighted by Gasteiger charge is 2.17. The Balaban J connectivity index is 2.36. The van der Waals surface area contributed by atoms with Crippen LogP contribution in [0.25, 0.3) is 0 Å². The molecule has 0 saturated heterocycles. The summed E-state index contributed by atoms with van der Waals surface area (Å²) in [5, 5.41) is 3.59. The molecule has 1 unspecified atom stereocenters. The molecule has 0 spiro atoms. The van der Waals surface area contributed by atoms with Crippen molar-refractivity contribution < 1.29 is 0 Å². The van der Waals surface area contributed by atoms with Crippen molar-refractivity contribution in [3.63, 3.8) is 0 Å². The molecule has 1 heterocycles. The lowest BCUT2D eigenvalue weighted by Crippen LogP contribution is -2.26. The minimum Gasteiger partial charge on any atom is -0.378 e. The van der Waals surface area contributed by atoms with E-state index in [4.69, 9.17) is 0 Å². The van der Waals surface area contributed by atoms with Crippen LogP contribution >= 0.6 is 0 Å². The third kappa shape index (κ3) is 3.20. The predicted octanol–water partition coefficient (Wildman–Crippen LogP) is 2.58. The first-order valence-corrected chi connectivity index (χ1v) is 7.11. The molecule has 2 aromatic rings. The van der Waals surface area contributed by atoms with Gasteiger partial charge >= 0.3 is 0 Å². The van der Waals surface area contributed by atoms with Crippen molar-refractivity contribution in [1.82, 2.24) is 14.9 Å². The minimum absolute atomic E-state index is 0.134. The first kappa shape index (κ1) is 14.6. The summed E-state index contributed by atoms with van der Waals surface area (Å²) in [6, 6.07) is 8.75. The molecule has 2 rings (SSSR count). The van der Waals surface area contributed by atoms with Crippen LogP contribution in [0.5, 0.6) is 0 Å². The molecule has 0 fully saturated rings. The van der Waals surface area contributed by atoms with Crippen LogP contribution in [-0.4, -0.2) is 30.2 Å². The number of anilines is 1. The lowest BCUT2D eigenvalue weighted by atomic mass is 10.0. The second-order valence-electron chi connectivity index (χ2n) is 5.27. The Labute approximate surface area is 121 Å². The number of nitrogens with one attached hydrogen (secondary N) is 1. The van der Waals surface area contributed by atoms with Gasteiger partial charge in [-0.25, -0.2) is 4.98 Å². The van der Waals surface area contributed by atoms with Crippen LogP contribution in [0.1, 0.15) is 30.8 Å². The number of aryl methyl sites for hydroxylation is 1. The van der Waals surface area contributed by atoms with Gasteiger partial charge in [-0.1, -0.05) is 19.1 Å². The third-order valence-corrected chi connectivity index (χ3v) is 3.44. The summed E-state index contributed by atoms with van der Waals surface area (Å²) in [6.45, 7) is 3.16. The minimum atomic E-state index is 0.134. The Morgan fingerprint density at radius 1 is 1.35 bits per heavy atom. The highest BCUT2D eigenvalue weighted by Crippen LogP contribution is 2.24. The fourth-order valence-corrected chi connectivity index (χ4v) is 2.28. The molecule has 1 N–H and O–H groups in total. The molecule has 1 aromatic carbocycles. The molecular weight excluding hydrogens is 248 g/mol. The van der Waals surface area contributed by atoms with E-state index < -0.39 is 0 Å². The zero-order valence-corrected chi connectivity index (χ0v) is 12.8. The van der Waals surface area contributed by atoms with Crippen molar-refractivity contribution in [3.05, 3.63) is 48.0 Å². The van der Waals surface area contributed by atoms with Gasteiger partial charge in [0.15, 0.2) is 0 Å². The lowest BCUT2D eigenvalue weighted by molar-refractivity contribution is 0.555. The quantitative estimate of drug-likeness (QED) is 0.877. The Kier molecular flexibility index (Phi) is 4.79. The molecule has 108 valence electrons. The molecule has 0 aliphatic heterocycles. The van der Waals surface area contributed by atoms with E-state index in [2.05, 4.69) is 65.1 Å². The SMILES string of the molecule is CCCNC(c1cccc(N(C)C)c1)c1nccn1C. The van der Waals surface area contributed by atoms with Gasteiger partial charge in [0.1, 0.15) is 5.82 Å². The van der Waals surface area contributed by atoms with Crippen molar-refractivity contribution in [3.8, 4) is 0 Å². The second kappa shape index (κ2) is 6.57. The van der Waals surface area contributed by atoms with Gasteiger partial charge < -0.3 is 14.8 Å². The van der Waals surface area contributed by atoms with Crippen molar-refractivity contribution in [2.24, 2.45) is 7.05 Å². The summed E-state index contributed by atoms with van der Waals surface area (Å²) in [7, 11) is 6.17. The Hall–Kier alpha value is -1.81. The summed E-state index contributed by atoms with van der Waals surface area (Å²) in [5.41, 5.74) is 2.46. The van der Waals surface area contributed by atoms with E-state index >= 15 is 0 Å². The topological polar surface area (TPSA) is 33.1 Å². The molecule has 4 nitrogen and oxygen atoms in total. The normalized spacial score (nSPS) is 12.4. The Bertz CT molecular complexity index is 545. The molecule has 0 bridgehead atoms. The number of aromatic nitrogens is 2. The number of hydrogen-bond acceptors (Lipinski definition) is 3. The van der Waals surface area contributed by atoms with Crippen LogP contribution in [0.15, 0.2) is 36.7 Å². The average Bonchev–Trinajstić information content (AvgIpc) is 2.86. The fourth-order valence-electron chi connectivity index (χ4n) is 2.28. The van der Waals surface area contributed by atoms with Crippen LogP contribution in [0.3, 0.4) is 0 Å². The Morgan fingerprint density at radius 3 is 2.75 bits per heavy atom. The number of benzene rings is 1. The summed E-state index contributed by atoms with van der Waals surface area (Å²) in [5.74, 6) is 1.05. The summed E-state index contributed by atoms with van der Waals surface area (Å²) in [6.07, 6.45) is 4.95. The molecule has 0 amide bonds. The molecule has 0 aliphatic rings. The molecule has 0 radical (unpaired) electrons. The molecular formula is C16H24N4. The van der Waals surface area contributed by atoms with Gasteiger partial charge in [-0.15, -0.1) is 0 Å². The van der Waals surface area contributed by atoms with Crippen LogP contribution in [0, 0.1) is 0 Å². The van der Waals surface area contributed by atoms with Crippen LogP contribution in [0.2, 0.25) is 0 Å². The lowest BCUT2D eigenvalue weighted by Gasteiger charge is -2.21. The van der Waals surface area contributed by atoms with E-state index in [9.17, 15) is 0 Å². The maximum atomic E-state index is 4.51. The first-order chi connectivity index (χ1) is 9.63. The number of rotatable bonds is 6. The van der Waals surface area contributed by atoms with E-state index in [-0.39, 0.29) is 6.04 Å². The molecule has 1 atom stereocenters. The van der Waals surface area contributed by atoms with E-state index in [0.29, 0.717) is 0 Å². The molecule has 20 heavy (non-hydrogen) atoms. The highest BCUT2D eigenvalue weighted by molar-refractivity contribution is 5.48. The first-order valence-electron chi connectivity index (χ1n) is 7.11. The van der Waals surface area contributed by atoms with Gasteiger partial charge in [0, 0.05) is 39.2 Å². The van der Waals surface area contributed by atoms with Gasteiger partial charge in [0.05, 0.1) is 6.04 Å². The van der Waals surface area contributed by atoms with Crippen molar-refractivity contribution >= 4 is 5.69 Å². The molecule has 4 heteroatoms. The van der Waals surface area contributed by atoms with E-state index in [0.717, 1.165) is 18.8 Å². The third-order valence-electron chi connectivity index (χ3n) is 3.44. The van der Waals surface area contributed by atoms with Gasteiger partial charge in [0.25, 0.3) is 0 Å². The molecule has 0 saturated carbocycles. The van der Waals surface area contributed by atoms with E-state index in [1.165, 1.54) is 11.3 Å². The summed E-state index contributed by atoms with van der Waals surface area (Å²) >= 11 is 0. The molecule has 0 aliphatic carbocycles. The number of nitrogens with zero attached hydrogens (tertiary/aromatic N) is 3.